The number of aromatic nitrogens is 1. The van der Waals surface area contributed by atoms with Gasteiger partial charge < -0.3 is 10.4 Å². The summed E-state index contributed by atoms with van der Waals surface area (Å²) in [6.07, 6.45) is 2.76. The van der Waals surface area contributed by atoms with Crippen molar-refractivity contribution in [3.05, 3.63) is 59.4 Å². The number of hydrogen-bond acceptors (Lipinski definition) is 3. The number of benzene rings is 1. The summed E-state index contributed by atoms with van der Waals surface area (Å²) in [6.45, 7) is 0.423. The smallest absolute Gasteiger partial charge is 0.0977 e. The van der Waals surface area contributed by atoms with Crippen LogP contribution in [0.2, 0.25) is 5.02 Å². The fourth-order valence-corrected chi connectivity index (χ4v) is 1.69. The van der Waals surface area contributed by atoms with Crippen LogP contribution in [-0.2, 0) is 0 Å². The first-order valence-electron chi connectivity index (χ1n) is 5.33. The molecule has 0 spiro atoms. The number of aliphatic hydroxyl groups is 1. The van der Waals surface area contributed by atoms with E-state index in [1.807, 2.05) is 30.3 Å². The van der Waals surface area contributed by atoms with E-state index in [4.69, 9.17) is 11.6 Å². The summed E-state index contributed by atoms with van der Waals surface area (Å²) in [6, 6.07) is 11.0. The van der Waals surface area contributed by atoms with Gasteiger partial charge in [0.2, 0.25) is 0 Å². The van der Waals surface area contributed by atoms with Crippen molar-refractivity contribution in [2.45, 2.75) is 6.10 Å². The van der Waals surface area contributed by atoms with E-state index in [-0.39, 0.29) is 0 Å². The predicted octanol–water partition coefficient (Wildman–Crippen LogP) is 2.88. The van der Waals surface area contributed by atoms with Gasteiger partial charge in [0.15, 0.2) is 0 Å². The second kappa shape index (κ2) is 5.66. The summed E-state index contributed by atoms with van der Waals surface area (Å²) < 4.78 is 0. The van der Waals surface area contributed by atoms with E-state index in [1.165, 1.54) is 0 Å². The van der Waals surface area contributed by atoms with E-state index in [0.29, 0.717) is 11.6 Å². The maximum atomic E-state index is 9.92. The fourth-order valence-electron chi connectivity index (χ4n) is 1.50. The molecule has 2 rings (SSSR count). The zero-order chi connectivity index (χ0) is 12.1. The second-order valence-electron chi connectivity index (χ2n) is 3.69. The van der Waals surface area contributed by atoms with Crippen LogP contribution in [-0.4, -0.2) is 16.6 Å². The summed E-state index contributed by atoms with van der Waals surface area (Å²) in [7, 11) is 0. The Labute approximate surface area is 105 Å². The normalized spacial score (nSPS) is 12.1. The average molecular weight is 249 g/mol. The number of halogens is 1. The molecule has 0 aliphatic carbocycles. The predicted molar refractivity (Wildman–Crippen MR) is 69.1 cm³/mol. The first-order chi connectivity index (χ1) is 8.25. The van der Waals surface area contributed by atoms with E-state index >= 15 is 0 Å². The molecule has 0 aliphatic heterocycles. The highest BCUT2D eigenvalue weighted by molar-refractivity contribution is 6.30. The van der Waals surface area contributed by atoms with Gasteiger partial charge in [0.1, 0.15) is 0 Å². The van der Waals surface area contributed by atoms with Crippen LogP contribution in [0.1, 0.15) is 11.7 Å². The average Bonchev–Trinajstić information content (AvgIpc) is 2.37. The lowest BCUT2D eigenvalue weighted by molar-refractivity contribution is 0.191. The SMILES string of the molecule is OC(CNc1cccc(Cl)c1)c1cccnc1. The number of nitrogens with zero attached hydrogens (tertiary/aromatic N) is 1. The van der Waals surface area contributed by atoms with Crippen molar-refractivity contribution in [2.24, 2.45) is 0 Å². The maximum absolute atomic E-state index is 9.92. The van der Waals surface area contributed by atoms with Crippen molar-refractivity contribution in [3.63, 3.8) is 0 Å². The van der Waals surface area contributed by atoms with Crippen molar-refractivity contribution in [1.29, 1.82) is 0 Å². The Morgan fingerprint density at radius 1 is 1.29 bits per heavy atom. The summed E-state index contributed by atoms with van der Waals surface area (Å²) in [4.78, 5) is 3.97. The fraction of sp³-hybridized carbons (Fsp3) is 0.154. The van der Waals surface area contributed by atoms with Crippen LogP contribution >= 0.6 is 11.6 Å². The highest BCUT2D eigenvalue weighted by Crippen LogP contribution is 2.17. The van der Waals surface area contributed by atoms with E-state index in [0.717, 1.165) is 11.3 Å². The molecule has 88 valence electrons. The van der Waals surface area contributed by atoms with Gasteiger partial charge in [0, 0.05) is 35.2 Å². The van der Waals surface area contributed by atoms with Gasteiger partial charge in [-0.1, -0.05) is 23.7 Å². The van der Waals surface area contributed by atoms with Crippen molar-refractivity contribution in [3.8, 4) is 0 Å². The van der Waals surface area contributed by atoms with Crippen LogP contribution in [0.4, 0.5) is 5.69 Å². The molecule has 0 bridgehead atoms. The molecule has 0 aliphatic rings. The number of pyridine rings is 1. The summed E-state index contributed by atoms with van der Waals surface area (Å²) >= 11 is 5.86. The monoisotopic (exact) mass is 248 g/mol. The number of aliphatic hydroxyl groups excluding tert-OH is 1. The first-order valence-corrected chi connectivity index (χ1v) is 5.71. The number of nitrogens with one attached hydrogen (secondary N) is 1. The highest BCUT2D eigenvalue weighted by atomic mass is 35.5. The van der Waals surface area contributed by atoms with Gasteiger partial charge in [0.25, 0.3) is 0 Å². The lowest BCUT2D eigenvalue weighted by Crippen LogP contribution is -2.12. The molecule has 3 nitrogen and oxygen atoms in total. The molecule has 4 heteroatoms. The van der Waals surface area contributed by atoms with Gasteiger partial charge in [-0.15, -0.1) is 0 Å². The highest BCUT2D eigenvalue weighted by Gasteiger charge is 2.06. The molecule has 1 unspecified atom stereocenters. The summed E-state index contributed by atoms with van der Waals surface area (Å²) in [5, 5.41) is 13.7. The molecule has 0 amide bonds. The van der Waals surface area contributed by atoms with Crippen LogP contribution in [0.25, 0.3) is 0 Å². The molecule has 1 aromatic carbocycles. The standard InChI is InChI=1S/C13H13ClN2O/c14-11-4-1-5-12(7-11)16-9-13(17)10-3-2-6-15-8-10/h1-8,13,16-17H,9H2. The molecule has 2 aromatic rings. The van der Waals surface area contributed by atoms with Crippen molar-refractivity contribution in [2.75, 3.05) is 11.9 Å². The Hall–Kier alpha value is -1.58. The minimum Gasteiger partial charge on any atom is -0.387 e. The Kier molecular flexibility index (Phi) is 3.96. The molecule has 0 saturated carbocycles. The molecule has 0 fully saturated rings. The molecular weight excluding hydrogens is 236 g/mol. The largest absolute Gasteiger partial charge is 0.387 e. The van der Waals surface area contributed by atoms with Gasteiger partial charge in [0.05, 0.1) is 6.10 Å². The zero-order valence-electron chi connectivity index (χ0n) is 9.18. The van der Waals surface area contributed by atoms with E-state index in [1.54, 1.807) is 18.5 Å². The molecule has 0 radical (unpaired) electrons. The maximum Gasteiger partial charge on any atom is 0.0977 e. The first kappa shape index (κ1) is 11.9. The lowest BCUT2D eigenvalue weighted by Gasteiger charge is -2.12. The lowest BCUT2D eigenvalue weighted by atomic mass is 10.1. The molecule has 2 N–H and O–H groups in total. The van der Waals surface area contributed by atoms with Crippen LogP contribution in [0.5, 0.6) is 0 Å². The van der Waals surface area contributed by atoms with Crippen LogP contribution in [0.15, 0.2) is 48.8 Å². The third-order valence-corrected chi connectivity index (χ3v) is 2.63. The minimum atomic E-state index is -0.581. The van der Waals surface area contributed by atoms with E-state index in [2.05, 4.69) is 10.3 Å². The summed E-state index contributed by atoms with van der Waals surface area (Å²) in [5.41, 5.74) is 1.68. The topological polar surface area (TPSA) is 45.1 Å². The Morgan fingerprint density at radius 3 is 2.88 bits per heavy atom. The molecule has 17 heavy (non-hydrogen) atoms. The molecule has 0 saturated heterocycles. The van der Waals surface area contributed by atoms with Gasteiger partial charge in [-0.05, 0) is 24.3 Å². The van der Waals surface area contributed by atoms with Crippen LogP contribution < -0.4 is 5.32 Å². The number of anilines is 1. The van der Waals surface area contributed by atoms with Crippen molar-refractivity contribution < 1.29 is 5.11 Å². The van der Waals surface area contributed by atoms with Gasteiger partial charge >= 0.3 is 0 Å². The molecule has 1 aromatic heterocycles. The Bertz CT molecular complexity index is 476. The zero-order valence-corrected chi connectivity index (χ0v) is 9.93. The van der Waals surface area contributed by atoms with Crippen LogP contribution in [0, 0.1) is 0 Å². The van der Waals surface area contributed by atoms with E-state index < -0.39 is 6.10 Å². The molecule has 1 atom stereocenters. The number of hydrogen-bond donors (Lipinski definition) is 2. The Morgan fingerprint density at radius 2 is 2.18 bits per heavy atom. The Balaban J connectivity index is 1.95. The third kappa shape index (κ3) is 3.44. The number of rotatable bonds is 4. The van der Waals surface area contributed by atoms with Crippen molar-refractivity contribution >= 4 is 17.3 Å². The van der Waals surface area contributed by atoms with Gasteiger partial charge in [-0.25, -0.2) is 0 Å². The second-order valence-corrected chi connectivity index (χ2v) is 4.13. The minimum absolute atomic E-state index is 0.423. The molecule has 1 heterocycles. The van der Waals surface area contributed by atoms with Crippen molar-refractivity contribution in [1.82, 2.24) is 4.98 Å². The third-order valence-electron chi connectivity index (χ3n) is 2.39. The van der Waals surface area contributed by atoms with Crippen LogP contribution in [0.3, 0.4) is 0 Å². The quantitative estimate of drug-likeness (QED) is 0.875. The van der Waals surface area contributed by atoms with E-state index in [9.17, 15) is 5.11 Å². The van der Waals surface area contributed by atoms with Gasteiger partial charge in [-0.3, -0.25) is 4.98 Å². The van der Waals surface area contributed by atoms with Gasteiger partial charge in [-0.2, -0.15) is 0 Å². The summed E-state index contributed by atoms with van der Waals surface area (Å²) in [5.74, 6) is 0. The molecular formula is C13H13ClN2O.